The van der Waals surface area contributed by atoms with Crippen LogP contribution in [0.2, 0.25) is 0 Å². The average Bonchev–Trinajstić information content (AvgIpc) is 2.23. The molecule has 0 unspecified atom stereocenters. The average molecular weight is 309 g/mol. The highest BCUT2D eigenvalue weighted by molar-refractivity contribution is 9.10. The summed E-state index contributed by atoms with van der Waals surface area (Å²) < 4.78 is 0.778. The Bertz CT molecular complexity index is 439. The van der Waals surface area contributed by atoms with Gasteiger partial charge >= 0.3 is 0 Å². The van der Waals surface area contributed by atoms with Crippen molar-refractivity contribution in [2.24, 2.45) is 0 Å². The van der Waals surface area contributed by atoms with Crippen molar-refractivity contribution in [1.29, 1.82) is 0 Å². The Hall–Kier alpha value is -0.850. The Morgan fingerprint density at radius 1 is 1.50 bits per heavy atom. The summed E-state index contributed by atoms with van der Waals surface area (Å²) in [5, 5.41) is 13.9. The topological polar surface area (TPSA) is 81.2 Å². The molecule has 0 spiro atoms. The monoisotopic (exact) mass is 307 g/mol. The third kappa shape index (κ3) is 2.14. The first-order valence-electron chi connectivity index (χ1n) is 4.56. The van der Waals surface area contributed by atoms with E-state index in [4.69, 9.17) is 5.73 Å². The number of halogens is 2. The molecule has 3 N–H and O–H groups in total. The van der Waals surface area contributed by atoms with Gasteiger partial charge in [0.05, 0.1) is 4.92 Å². The van der Waals surface area contributed by atoms with Gasteiger partial charge in [0.1, 0.15) is 5.69 Å². The number of hydrogen-bond donors (Lipinski definition) is 2. The highest BCUT2D eigenvalue weighted by Crippen LogP contribution is 2.35. The van der Waals surface area contributed by atoms with Crippen molar-refractivity contribution in [1.82, 2.24) is 5.32 Å². The van der Waals surface area contributed by atoms with Crippen LogP contribution in [-0.2, 0) is 13.0 Å². The summed E-state index contributed by atoms with van der Waals surface area (Å²) in [5.41, 5.74) is 7.96. The van der Waals surface area contributed by atoms with E-state index in [1.807, 2.05) is 0 Å². The summed E-state index contributed by atoms with van der Waals surface area (Å²) in [6, 6.07) is 1.49. The van der Waals surface area contributed by atoms with Gasteiger partial charge < -0.3 is 11.1 Å². The molecule has 0 aliphatic carbocycles. The van der Waals surface area contributed by atoms with Gasteiger partial charge in [-0.05, 0) is 18.5 Å². The van der Waals surface area contributed by atoms with Crippen molar-refractivity contribution < 1.29 is 4.92 Å². The first-order valence-corrected chi connectivity index (χ1v) is 5.35. The Morgan fingerprint density at radius 2 is 2.19 bits per heavy atom. The molecule has 0 fully saturated rings. The summed E-state index contributed by atoms with van der Waals surface area (Å²) in [6.07, 6.45) is 0.845. The lowest BCUT2D eigenvalue weighted by atomic mass is 9.98. The molecule has 0 saturated heterocycles. The van der Waals surface area contributed by atoms with Crippen LogP contribution in [0.15, 0.2) is 10.5 Å². The van der Waals surface area contributed by atoms with E-state index in [1.54, 1.807) is 0 Å². The summed E-state index contributed by atoms with van der Waals surface area (Å²) in [5.74, 6) is 0. The van der Waals surface area contributed by atoms with E-state index in [9.17, 15) is 10.1 Å². The molecule has 0 saturated carbocycles. The van der Waals surface area contributed by atoms with E-state index in [1.165, 1.54) is 6.07 Å². The predicted molar refractivity (Wildman–Crippen MR) is 67.9 cm³/mol. The number of fused-ring (bicyclic) bond motifs is 1. The zero-order valence-electron chi connectivity index (χ0n) is 8.33. The lowest BCUT2D eigenvalue weighted by molar-refractivity contribution is -0.384. The largest absolute Gasteiger partial charge is 0.393 e. The standard InChI is InChI=1S/C9H10BrN3O2.ClH/c10-7-3-8(13(14)15)9(11)6-4-12-2-1-5(6)7;/h3,12H,1-2,4,11H2;1H. The zero-order valence-corrected chi connectivity index (χ0v) is 10.7. The SMILES string of the molecule is Cl.Nc1c([N+](=O)[O-])cc(Br)c2c1CNCC2. The Balaban J connectivity index is 0.00000128. The van der Waals surface area contributed by atoms with Crippen LogP contribution < -0.4 is 11.1 Å². The fraction of sp³-hybridized carbons (Fsp3) is 0.333. The molecule has 0 amide bonds. The second kappa shape index (κ2) is 4.99. The molecule has 5 nitrogen and oxygen atoms in total. The van der Waals surface area contributed by atoms with Gasteiger partial charge in [-0.15, -0.1) is 12.4 Å². The van der Waals surface area contributed by atoms with Crippen LogP contribution in [0.1, 0.15) is 11.1 Å². The second-order valence-corrected chi connectivity index (χ2v) is 4.29. The predicted octanol–water partition coefficient (Wildman–Crippen LogP) is 2.01. The maximum Gasteiger partial charge on any atom is 0.293 e. The van der Waals surface area contributed by atoms with Gasteiger partial charge in [-0.2, -0.15) is 0 Å². The van der Waals surface area contributed by atoms with Gasteiger partial charge in [0.15, 0.2) is 0 Å². The zero-order chi connectivity index (χ0) is 11.0. The Morgan fingerprint density at radius 3 is 2.81 bits per heavy atom. The summed E-state index contributed by atoms with van der Waals surface area (Å²) in [6.45, 7) is 1.48. The van der Waals surface area contributed by atoms with E-state index in [-0.39, 0.29) is 23.8 Å². The molecule has 16 heavy (non-hydrogen) atoms. The van der Waals surface area contributed by atoms with Gasteiger partial charge in [0, 0.05) is 22.6 Å². The fourth-order valence-corrected chi connectivity index (χ4v) is 2.45. The lowest BCUT2D eigenvalue weighted by Gasteiger charge is -2.20. The normalized spacial score (nSPS) is 13.8. The number of hydrogen-bond acceptors (Lipinski definition) is 4. The molecule has 0 bridgehead atoms. The Kier molecular flexibility index (Phi) is 4.12. The number of nitrogens with one attached hydrogen (secondary N) is 1. The molecule has 0 aromatic heterocycles. The number of benzene rings is 1. The molecule has 7 heteroatoms. The minimum absolute atomic E-state index is 0. The van der Waals surface area contributed by atoms with Crippen LogP contribution in [0.3, 0.4) is 0 Å². The Labute approximate surface area is 107 Å². The number of nitro benzene ring substituents is 1. The van der Waals surface area contributed by atoms with Gasteiger partial charge in [-0.3, -0.25) is 10.1 Å². The van der Waals surface area contributed by atoms with Crippen LogP contribution in [0, 0.1) is 10.1 Å². The van der Waals surface area contributed by atoms with Gasteiger partial charge in [-0.1, -0.05) is 15.9 Å². The van der Waals surface area contributed by atoms with Crippen molar-refractivity contribution >= 4 is 39.7 Å². The first kappa shape index (κ1) is 13.2. The van der Waals surface area contributed by atoms with Crippen molar-refractivity contribution in [3.8, 4) is 0 Å². The van der Waals surface area contributed by atoms with Crippen molar-refractivity contribution in [2.75, 3.05) is 12.3 Å². The van der Waals surface area contributed by atoms with Gasteiger partial charge in [0.2, 0.25) is 0 Å². The molecule has 88 valence electrons. The lowest BCUT2D eigenvalue weighted by Crippen LogP contribution is -2.25. The van der Waals surface area contributed by atoms with Crippen molar-refractivity contribution in [3.63, 3.8) is 0 Å². The molecule has 1 heterocycles. The van der Waals surface area contributed by atoms with Crippen molar-refractivity contribution in [3.05, 3.63) is 31.8 Å². The second-order valence-electron chi connectivity index (χ2n) is 3.43. The summed E-state index contributed by atoms with van der Waals surface area (Å²) >= 11 is 3.35. The number of nitrogens with two attached hydrogens (primary N) is 1. The number of rotatable bonds is 1. The molecule has 0 atom stereocenters. The first-order chi connectivity index (χ1) is 7.11. The molecule has 1 aromatic carbocycles. The van der Waals surface area contributed by atoms with E-state index < -0.39 is 4.92 Å². The van der Waals surface area contributed by atoms with Crippen molar-refractivity contribution in [2.45, 2.75) is 13.0 Å². The number of nitrogens with zero attached hydrogens (tertiary/aromatic N) is 1. The van der Waals surface area contributed by atoms with E-state index in [2.05, 4.69) is 21.2 Å². The van der Waals surface area contributed by atoms with Crippen LogP contribution in [0.5, 0.6) is 0 Å². The smallest absolute Gasteiger partial charge is 0.293 e. The summed E-state index contributed by atoms with van der Waals surface area (Å²) in [4.78, 5) is 10.3. The number of nitrogen functional groups attached to an aromatic ring is 1. The number of anilines is 1. The fourth-order valence-electron chi connectivity index (χ4n) is 1.80. The van der Waals surface area contributed by atoms with E-state index in [0.29, 0.717) is 6.54 Å². The van der Waals surface area contributed by atoms with E-state index >= 15 is 0 Å². The molecular formula is C9H11BrClN3O2. The van der Waals surface area contributed by atoms with Gasteiger partial charge in [-0.25, -0.2) is 0 Å². The van der Waals surface area contributed by atoms with Crippen LogP contribution >= 0.6 is 28.3 Å². The third-order valence-corrected chi connectivity index (χ3v) is 3.27. The highest BCUT2D eigenvalue weighted by atomic mass is 79.9. The molecule has 2 rings (SSSR count). The van der Waals surface area contributed by atoms with Crippen LogP contribution in [0.25, 0.3) is 0 Å². The molecule has 0 radical (unpaired) electrons. The number of nitro groups is 1. The molecule has 1 aliphatic heterocycles. The quantitative estimate of drug-likeness (QED) is 0.472. The molecular weight excluding hydrogens is 297 g/mol. The van der Waals surface area contributed by atoms with Crippen LogP contribution in [0.4, 0.5) is 11.4 Å². The maximum absolute atomic E-state index is 10.7. The molecule has 1 aromatic rings. The molecule has 1 aliphatic rings. The highest BCUT2D eigenvalue weighted by Gasteiger charge is 2.22. The van der Waals surface area contributed by atoms with Crippen LogP contribution in [-0.4, -0.2) is 11.5 Å². The van der Waals surface area contributed by atoms with E-state index in [0.717, 1.165) is 28.6 Å². The minimum atomic E-state index is -0.449. The third-order valence-electron chi connectivity index (χ3n) is 2.57. The van der Waals surface area contributed by atoms with Gasteiger partial charge in [0.25, 0.3) is 5.69 Å². The maximum atomic E-state index is 10.7. The minimum Gasteiger partial charge on any atom is -0.393 e. The summed E-state index contributed by atoms with van der Waals surface area (Å²) in [7, 11) is 0.